The fourth-order valence-corrected chi connectivity index (χ4v) is 2.27. The summed E-state index contributed by atoms with van der Waals surface area (Å²) >= 11 is 6.03. The van der Waals surface area contributed by atoms with Crippen LogP contribution in [0.4, 0.5) is 5.69 Å². The summed E-state index contributed by atoms with van der Waals surface area (Å²) < 4.78 is 6.56. The van der Waals surface area contributed by atoms with Crippen molar-refractivity contribution in [2.45, 2.75) is 25.9 Å². The lowest BCUT2D eigenvalue weighted by Crippen LogP contribution is -2.32. The molecule has 0 saturated carbocycles. The zero-order valence-electron chi connectivity index (χ0n) is 10.7. The van der Waals surface area contributed by atoms with E-state index in [0.29, 0.717) is 23.2 Å². The van der Waals surface area contributed by atoms with Crippen molar-refractivity contribution in [2.75, 3.05) is 18.5 Å². The predicted molar refractivity (Wildman–Crippen MR) is 74.4 cm³/mol. The van der Waals surface area contributed by atoms with Crippen LogP contribution in [0.1, 0.15) is 13.3 Å². The third-order valence-electron chi connectivity index (χ3n) is 3.28. The van der Waals surface area contributed by atoms with Gasteiger partial charge in [0.05, 0.1) is 17.8 Å². The number of aromatic nitrogens is 2. The van der Waals surface area contributed by atoms with Crippen LogP contribution < -0.4 is 10.9 Å². The molecule has 2 rings (SSSR count). The van der Waals surface area contributed by atoms with Crippen molar-refractivity contribution in [3.05, 3.63) is 21.6 Å². The standard InChI is InChI=1S/C13H16ClN3O2/c1-3-5-17-13(18)12(11(14)7-15-17)16-9(2)10-4-6-19-8-10/h1,7,9-10,16H,4-6,8H2,2H3. The maximum atomic E-state index is 12.2. The van der Waals surface area contributed by atoms with E-state index in [1.807, 2.05) is 6.92 Å². The molecule has 102 valence electrons. The van der Waals surface area contributed by atoms with Crippen molar-refractivity contribution in [2.24, 2.45) is 5.92 Å². The van der Waals surface area contributed by atoms with Gasteiger partial charge in [0.1, 0.15) is 12.2 Å². The SMILES string of the molecule is C#CCn1ncc(Cl)c(NC(C)C2CCOC2)c1=O. The molecular formula is C13H16ClN3O2. The summed E-state index contributed by atoms with van der Waals surface area (Å²) in [6, 6.07) is 0.106. The van der Waals surface area contributed by atoms with Gasteiger partial charge in [0.15, 0.2) is 0 Å². The highest BCUT2D eigenvalue weighted by molar-refractivity contribution is 6.33. The topological polar surface area (TPSA) is 56.1 Å². The van der Waals surface area contributed by atoms with Crippen LogP contribution in [0, 0.1) is 18.3 Å². The zero-order chi connectivity index (χ0) is 13.8. The van der Waals surface area contributed by atoms with E-state index in [-0.39, 0.29) is 18.1 Å². The smallest absolute Gasteiger partial charge is 0.292 e. The van der Waals surface area contributed by atoms with Crippen molar-refractivity contribution in [1.29, 1.82) is 0 Å². The molecule has 0 spiro atoms. The van der Waals surface area contributed by atoms with Crippen molar-refractivity contribution >= 4 is 17.3 Å². The Balaban J connectivity index is 2.21. The Morgan fingerprint density at radius 2 is 2.58 bits per heavy atom. The molecule has 0 bridgehead atoms. The fourth-order valence-electron chi connectivity index (χ4n) is 2.09. The van der Waals surface area contributed by atoms with Crippen LogP contribution in [0.5, 0.6) is 0 Å². The molecular weight excluding hydrogens is 266 g/mol. The summed E-state index contributed by atoms with van der Waals surface area (Å²) in [6.07, 6.45) is 7.61. The first-order valence-corrected chi connectivity index (χ1v) is 6.54. The maximum Gasteiger partial charge on any atom is 0.292 e. The summed E-state index contributed by atoms with van der Waals surface area (Å²) in [7, 11) is 0. The largest absolute Gasteiger partial charge is 0.381 e. The highest BCUT2D eigenvalue weighted by atomic mass is 35.5. The van der Waals surface area contributed by atoms with Crippen molar-refractivity contribution in [1.82, 2.24) is 9.78 Å². The summed E-state index contributed by atoms with van der Waals surface area (Å²) in [5, 5.41) is 7.37. The van der Waals surface area contributed by atoms with Gasteiger partial charge in [0.25, 0.3) is 5.56 Å². The average Bonchev–Trinajstić information content (AvgIpc) is 2.92. The molecule has 1 fully saturated rings. The Morgan fingerprint density at radius 3 is 3.21 bits per heavy atom. The van der Waals surface area contributed by atoms with Crippen molar-refractivity contribution < 1.29 is 4.74 Å². The molecule has 0 aromatic carbocycles. The zero-order valence-corrected chi connectivity index (χ0v) is 11.5. The predicted octanol–water partition coefficient (Wildman–Crippen LogP) is 1.37. The van der Waals surface area contributed by atoms with Gasteiger partial charge >= 0.3 is 0 Å². The number of anilines is 1. The van der Waals surface area contributed by atoms with E-state index < -0.39 is 0 Å². The number of nitrogens with one attached hydrogen (secondary N) is 1. The van der Waals surface area contributed by atoms with Gasteiger partial charge in [-0.05, 0) is 13.3 Å². The van der Waals surface area contributed by atoms with Gasteiger partial charge in [-0.15, -0.1) is 6.42 Å². The first-order chi connectivity index (χ1) is 9.13. The van der Waals surface area contributed by atoms with Gasteiger partial charge in [-0.25, -0.2) is 4.68 Å². The van der Waals surface area contributed by atoms with Crippen LogP contribution in [-0.2, 0) is 11.3 Å². The van der Waals surface area contributed by atoms with Gasteiger partial charge in [0.2, 0.25) is 0 Å². The molecule has 5 nitrogen and oxygen atoms in total. The van der Waals surface area contributed by atoms with Crippen LogP contribution >= 0.6 is 11.6 Å². The molecule has 1 aromatic rings. The van der Waals surface area contributed by atoms with Crippen LogP contribution in [0.15, 0.2) is 11.0 Å². The Bertz CT molecular complexity index is 544. The van der Waals surface area contributed by atoms with Crippen LogP contribution in [0.25, 0.3) is 0 Å². The summed E-state index contributed by atoms with van der Waals surface area (Å²) in [4.78, 5) is 12.2. The minimum atomic E-state index is -0.295. The Labute approximate surface area is 116 Å². The molecule has 0 radical (unpaired) electrons. The van der Waals surface area contributed by atoms with E-state index in [2.05, 4.69) is 16.3 Å². The molecule has 2 atom stereocenters. The van der Waals surface area contributed by atoms with E-state index in [1.165, 1.54) is 10.9 Å². The van der Waals surface area contributed by atoms with Gasteiger partial charge in [-0.1, -0.05) is 17.5 Å². The second kappa shape index (κ2) is 6.09. The Morgan fingerprint density at radius 1 is 1.79 bits per heavy atom. The van der Waals surface area contributed by atoms with Gasteiger partial charge in [-0.3, -0.25) is 4.79 Å². The molecule has 1 aliphatic rings. The molecule has 19 heavy (non-hydrogen) atoms. The maximum absolute atomic E-state index is 12.2. The molecule has 0 aliphatic carbocycles. The molecule has 6 heteroatoms. The normalized spacial score (nSPS) is 19.9. The average molecular weight is 282 g/mol. The fraction of sp³-hybridized carbons (Fsp3) is 0.538. The minimum absolute atomic E-state index is 0.106. The summed E-state index contributed by atoms with van der Waals surface area (Å²) in [6.45, 7) is 3.62. The number of nitrogens with zero attached hydrogens (tertiary/aromatic N) is 2. The second-order valence-corrected chi connectivity index (χ2v) is 5.00. The number of rotatable bonds is 4. The molecule has 2 unspecified atom stereocenters. The minimum Gasteiger partial charge on any atom is -0.381 e. The van der Waals surface area contributed by atoms with E-state index in [9.17, 15) is 4.79 Å². The lowest BCUT2D eigenvalue weighted by atomic mass is 10.0. The molecule has 1 aliphatic heterocycles. The highest BCUT2D eigenvalue weighted by Crippen LogP contribution is 2.22. The van der Waals surface area contributed by atoms with Crippen molar-refractivity contribution in [3.63, 3.8) is 0 Å². The summed E-state index contributed by atoms with van der Waals surface area (Å²) in [5.74, 6) is 2.77. The molecule has 0 amide bonds. The van der Waals surface area contributed by atoms with Crippen LogP contribution in [0.3, 0.4) is 0 Å². The molecule has 1 saturated heterocycles. The number of hydrogen-bond donors (Lipinski definition) is 1. The highest BCUT2D eigenvalue weighted by Gasteiger charge is 2.23. The van der Waals surface area contributed by atoms with E-state index in [1.54, 1.807) is 0 Å². The lowest BCUT2D eigenvalue weighted by Gasteiger charge is -2.20. The van der Waals surface area contributed by atoms with E-state index in [0.717, 1.165) is 13.0 Å². The number of hydrogen-bond acceptors (Lipinski definition) is 4. The number of terminal acetylenes is 1. The number of ether oxygens (including phenoxy) is 1. The third kappa shape index (κ3) is 3.09. The molecule has 1 N–H and O–H groups in total. The van der Waals surface area contributed by atoms with E-state index in [4.69, 9.17) is 22.8 Å². The van der Waals surface area contributed by atoms with E-state index >= 15 is 0 Å². The lowest BCUT2D eigenvalue weighted by molar-refractivity contribution is 0.183. The second-order valence-electron chi connectivity index (χ2n) is 4.59. The Kier molecular flexibility index (Phi) is 4.46. The first kappa shape index (κ1) is 13.9. The first-order valence-electron chi connectivity index (χ1n) is 6.17. The third-order valence-corrected chi connectivity index (χ3v) is 3.57. The number of halogens is 1. The van der Waals surface area contributed by atoms with Crippen LogP contribution in [0.2, 0.25) is 5.02 Å². The summed E-state index contributed by atoms with van der Waals surface area (Å²) in [5.41, 5.74) is 0.0579. The van der Waals surface area contributed by atoms with Gasteiger partial charge in [0, 0.05) is 18.6 Å². The monoisotopic (exact) mass is 281 g/mol. The molecule has 1 aromatic heterocycles. The van der Waals surface area contributed by atoms with Crippen LogP contribution in [-0.4, -0.2) is 29.0 Å². The van der Waals surface area contributed by atoms with Crippen molar-refractivity contribution in [3.8, 4) is 12.3 Å². The van der Waals surface area contributed by atoms with Gasteiger partial charge in [-0.2, -0.15) is 5.10 Å². The van der Waals surface area contributed by atoms with Gasteiger partial charge < -0.3 is 10.1 Å². The quantitative estimate of drug-likeness (QED) is 0.847. The molecule has 2 heterocycles. The Hall–Kier alpha value is -1.51.